The van der Waals surface area contributed by atoms with E-state index in [1.807, 2.05) is 60.4 Å². The van der Waals surface area contributed by atoms with Gasteiger partial charge in [-0.25, -0.2) is 0 Å². The van der Waals surface area contributed by atoms with Gasteiger partial charge in [-0.1, -0.05) is 67.4 Å². The normalized spacial score (nSPS) is 25.7. The lowest BCUT2D eigenvalue weighted by atomic mass is 9.67. The average Bonchev–Trinajstić information content (AvgIpc) is 3.24. The van der Waals surface area contributed by atoms with Gasteiger partial charge in [0.05, 0.1) is 11.5 Å². The number of likely N-dealkylation sites (tertiary alicyclic amines) is 2. The molecule has 0 bridgehead atoms. The molecule has 2 heterocycles. The number of hydrogen-bond donors (Lipinski definition) is 0. The quantitative estimate of drug-likeness (QED) is 0.356. The number of halogens is 2. The summed E-state index contributed by atoms with van der Waals surface area (Å²) >= 11 is 12.7. The molecule has 2 amide bonds. The maximum Gasteiger partial charge on any atom is 0.229 e. The Morgan fingerprint density at radius 3 is 2.46 bits per heavy atom. The average molecular weight is 514 g/mol. The van der Waals surface area contributed by atoms with E-state index in [2.05, 4.69) is 24.5 Å². The standard InChI is InChI=1S/C29H34Cl2N2O2/c1-4-15-29(3)18-25(21-8-6-9-23(31)17-21)27(20-11-13-22(30)14-12-20)33(28(29)35)24(5-2)19-32-16-7-10-26(32)34/h4,6,8-9,11-14,17,24-25,27H,1,5,7,10,15-16,18-19H2,2-3H3/t24?,25-,27-,29+/m1/s1. The third kappa shape index (κ3) is 5.29. The van der Waals surface area contributed by atoms with E-state index in [9.17, 15) is 9.59 Å². The van der Waals surface area contributed by atoms with E-state index in [1.54, 1.807) is 0 Å². The molecule has 186 valence electrons. The van der Waals surface area contributed by atoms with Crippen LogP contribution in [0.15, 0.2) is 61.2 Å². The maximum atomic E-state index is 14.3. The molecule has 2 fully saturated rings. The minimum atomic E-state index is -0.597. The minimum Gasteiger partial charge on any atom is -0.341 e. The Bertz CT molecular complexity index is 1090. The van der Waals surface area contributed by atoms with Gasteiger partial charge in [0, 0.05) is 41.5 Å². The molecule has 0 radical (unpaired) electrons. The highest BCUT2D eigenvalue weighted by Crippen LogP contribution is 2.52. The zero-order chi connectivity index (χ0) is 25.2. The van der Waals surface area contributed by atoms with E-state index < -0.39 is 5.41 Å². The van der Waals surface area contributed by atoms with Crippen LogP contribution in [0.4, 0.5) is 0 Å². The summed E-state index contributed by atoms with van der Waals surface area (Å²) in [5.74, 6) is 0.325. The molecule has 4 rings (SSSR count). The molecule has 0 spiro atoms. The fraction of sp³-hybridized carbons (Fsp3) is 0.448. The summed E-state index contributed by atoms with van der Waals surface area (Å²) < 4.78 is 0. The molecule has 2 saturated heterocycles. The molecule has 4 atom stereocenters. The molecule has 6 heteroatoms. The molecule has 35 heavy (non-hydrogen) atoms. The number of carbonyl (C=O) groups is 2. The highest BCUT2D eigenvalue weighted by atomic mass is 35.5. The molecular formula is C29H34Cl2N2O2. The van der Waals surface area contributed by atoms with Crippen molar-refractivity contribution in [2.45, 2.75) is 64.0 Å². The van der Waals surface area contributed by atoms with E-state index in [4.69, 9.17) is 23.2 Å². The Labute approximate surface area is 218 Å². The smallest absolute Gasteiger partial charge is 0.229 e. The molecular weight excluding hydrogens is 479 g/mol. The second-order valence-corrected chi connectivity index (χ2v) is 11.0. The molecule has 2 aromatic carbocycles. The van der Waals surface area contributed by atoms with Gasteiger partial charge >= 0.3 is 0 Å². The van der Waals surface area contributed by atoms with E-state index >= 15 is 0 Å². The van der Waals surface area contributed by atoms with Crippen LogP contribution in [0.3, 0.4) is 0 Å². The Hall–Kier alpha value is -2.30. The zero-order valence-electron chi connectivity index (χ0n) is 20.6. The Balaban J connectivity index is 1.86. The molecule has 0 saturated carbocycles. The summed E-state index contributed by atoms with van der Waals surface area (Å²) in [7, 11) is 0. The van der Waals surface area contributed by atoms with Crippen LogP contribution in [0, 0.1) is 5.41 Å². The van der Waals surface area contributed by atoms with Crippen molar-refractivity contribution in [2.24, 2.45) is 5.41 Å². The summed E-state index contributed by atoms with van der Waals surface area (Å²) in [6.07, 6.45) is 5.34. The predicted octanol–water partition coefficient (Wildman–Crippen LogP) is 7.03. The van der Waals surface area contributed by atoms with E-state index in [0.717, 1.165) is 30.5 Å². The first-order valence-electron chi connectivity index (χ1n) is 12.5. The second kappa shape index (κ2) is 10.8. The largest absolute Gasteiger partial charge is 0.341 e. The number of carbonyl (C=O) groups excluding carboxylic acids is 2. The van der Waals surface area contributed by atoms with Gasteiger partial charge in [0.2, 0.25) is 11.8 Å². The van der Waals surface area contributed by atoms with Crippen molar-refractivity contribution >= 4 is 35.0 Å². The number of allylic oxidation sites excluding steroid dienone is 1. The molecule has 2 aliphatic heterocycles. The van der Waals surface area contributed by atoms with Gasteiger partial charge in [-0.2, -0.15) is 0 Å². The molecule has 4 nitrogen and oxygen atoms in total. The monoisotopic (exact) mass is 512 g/mol. The molecule has 2 aromatic rings. The second-order valence-electron chi connectivity index (χ2n) is 10.1. The van der Waals surface area contributed by atoms with E-state index in [1.165, 1.54) is 0 Å². The van der Waals surface area contributed by atoms with Crippen LogP contribution in [-0.2, 0) is 9.59 Å². The van der Waals surface area contributed by atoms with Gasteiger partial charge in [-0.05, 0) is 61.1 Å². The minimum absolute atomic E-state index is 0.0286. The molecule has 2 aliphatic rings. The Kier molecular flexibility index (Phi) is 7.92. The number of benzene rings is 2. The van der Waals surface area contributed by atoms with Crippen LogP contribution in [-0.4, -0.2) is 40.7 Å². The maximum absolute atomic E-state index is 14.3. The van der Waals surface area contributed by atoms with Crippen molar-refractivity contribution in [1.29, 1.82) is 0 Å². The van der Waals surface area contributed by atoms with Crippen LogP contribution in [0.5, 0.6) is 0 Å². The highest BCUT2D eigenvalue weighted by Gasteiger charge is 2.51. The van der Waals surface area contributed by atoms with Crippen molar-refractivity contribution in [2.75, 3.05) is 13.1 Å². The Morgan fingerprint density at radius 1 is 1.11 bits per heavy atom. The SMILES string of the molecule is C=CC[C@@]1(C)C[C@H](c2cccc(Cl)c2)[C@@H](c2ccc(Cl)cc2)N(C(CC)CN2CCCC2=O)C1=O. The fourth-order valence-electron chi connectivity index (χ4n) is 5.85. The molecule has 1 unspecified atom stereocenters. The van der Waals surface area contributed by atoms with Gasteiger partial charge in [0.15, 0.2) is 0 Å². The van der Waals surface area contributed by atoms with Crippen LogP contribution < -0.4 is 0 Å². The lowest BCUT2D eigenvalue weighted by Crippen LogP contribution is -2.57. The van der Waals surface area contributed by atoms with E-state index in [0.29, 0.717) is 35.9 Å². The van der Waals surface area contributed by atoms with E-state index in [-0.39, 0.29) is 29.8 Å². The van der Waals surface area contributed by atoms with Crippen LogP contribution in [0.2, 0.25) is 10.0 Å². The number of piperidine rings is 1. The van der Waals surface area contributed by atoms with Gasteiger partial charge < -0.3 is 9.80 Å². The van der Waals surface area contributed by atoms with Crippen LogP contribution in [0.25, 0.3) is 0 Å². The third-order valence-corrected chi connectivity index (χ3v) is 8.14. The van der Waals surface area contributed by atoms with Crippen LogP contribution >= 0.6 is 23.2 Å². The van der Waals surface area contributed by atoms with Crippen molar-refractivity contribution in [1.82, 2.24) is 9.80 Å². The van der Waals surface area contributed by atoms with Gasteiger partial charge in [0.1, 0.15) is 0 Å². The Morgan fingerprint density at radius 2 is 1.86 bits per heavy atom. The van der Waals surface area contributed by atoms with Gasteiger partial charge in [0.25, 0.3) is 0 Å². The first kappa shape index (κ1) is 25.8. The first-order chi connectivity index (χ1) is 16.8. The van der Waals surface area contributed by atoms with Crippen molar-refractivity contribution in [3.8, 4) is 0 Å². The number of amides is 2. The highest BCUT2D eigenvalue weighted by molar-refractivity contribution is 6.30. The number of rotatable bonds is 8. The van der Waals surface area contributed by atoms with Gasteiger partial charge in [-0.15, -0.1) is 6.58 Å². The molecule has 0 N–H and O–H groups in total. The number of hydrogen-bond acceptors (Lipinski definition) is 2. The summed E-state index contributed by atoms with van der Waals surface area (Å²) in [5.41, 5.74) is 1.55. The third-order valence-electron chi connectivity index (χ3n) is 7.65. The van der Waals surface area contributed by atoms with Crippen LogP contribution in [0.1, 0.15) is 69.0 Å². The molecule has 0 aliphatic carbocycles. The molecule has 0 aromatic heterocycles. The van der Waals surface area contributed by atoms with Crippen molar-refractivity contribution in [3.63, 3.8) is 0 Å². The number of nitrogens with zero attached hydrogens (tertiary/aromatic N) is 2. The lowest BCUT2D eigenvalue weighted by molar-refractivity contribution is -0.156. The van der Waals surface area contributed by atoms with Gasteiger partial charge in [-0.3, -0.25) is 9.59 Å². The van der Waals surface area contributed by atoms with Crippen molar-refractivity contribution < 1.29 is 9.59 Å². The zero-order valence-corrected chi connectivity index (χ0v) is 22.1. The predicted molar refractivity (Wildman–Crippen MR) is 143 cm³/mol. The summed E-state index contributed by atoms with van der Waals surface area (Å²) in [4.78, 5) is 30.8. The first-order valence-corrected chi connectivity index (χ1v) is 13.3. The fourth-order valence-corrected chi connectivity index (χ4v) is 6.18. The summed E-state index contributed by atoms with van der Waals surface area (Å²) in [5, 5.41) is 1.34. The lowest BCUT2D eigenvalue weighted by Gasteiger charge is -2.52. The summed E-state index contributed by atoms with van der Waals surface area (Å²) in [6, 6.07) is 15.5. The summed E-state index contributed by atoms with van der Waals surface area (Å²) in [6.45, 7) is 9.42. The van der Waals surface area contributed by atoms with Crippen molar-refractivity contribution in [3.05, 3.63) is 82.4 Å². The topological polar surface area (TPSA) is 40.6 Å².